The molecule has 1 aliphatic rings. The van der Waals surface area contributed by atoms with Gasteiger partial charge in [0.25, 0.3) is 0 Å². The second-order valence-electron chi connectivity index (χ2n) is 5.94. The lowest BCUT2D eigenvalue weighted by Gasteiger charge is -2.04. The Hall–Kier alpha value is -2.62. The molecule has 3 aromatic rings. The number of anilines is 1. The third kappa shape index (κ3) is 2.48. The van der Waals surface area contributed by atoms with E-state index >= 15 is 0 Å². The van der Waals surface area contributed by atoms with E-state index in [0.717, 1.165) is 35.4 Å². The smallest absolute Gasteiger partial charge is 0.227 e. The first kappa shape index (κ1) is 13.1. The van der Waals surface area contributed by atoms with Crippen LogP contribution in [-0.4, -0.2) is 15.3 Å². The molecule has 2 heterocycles. The Morgan fingerprint density at radius 1 is 1.14 bits per heavy atom. The van der Waals surface area contributed by atoms with Crippen LogP contribution in [0.2, 0.25) is 0 Å². The molecule has 1 N–H and O–H groups in total. The van der Waals surface area contributed by atoms with Gasteiger partial charge in [0.05, 0.1) is 5.69 Å². The number of imidazole rings is 1. The van der Waals surface area contributed by atoms with Gasteiger partial charge in [-0.2, -0.15) is 0 Å². The summed E-state index contributed by atoms with van der Waals surface area (Å²) in [6, 6.07) is 11.9. The zero-order valence-corrected chi connectivity index (χ0v) is 12.4. The Kier molecular flexibility index (Phi) is 2.96. The van der Waals surface area contributed by atoms with Crippen molar-refractivity contribution in [1.29, 1.82) is 0 Å². The van der Waals surface area contributed by atoms with Crippen molar-refractivity contribution in [2.45, 2.75) is 19.8 Å². The van der Waals surface area contributed by atoms with Crippen LogP contribution in [0.4, 0.5) is 5.69 Å². The van der Waals surface area contributed by atoms with E-state index in [-0.39, 0.29) is 11.8 Å². The Morgan fingerprint density at radius 3 is 2.64 bits per heavy atom. The summed E-state index contributed by atoms with van der Waals surface area (Å²) in [5.41, 5.74) is 4.97. The molecule has 2 aromatic heterocycles. The average molecular weight is 291 g/mol. The number of fused-ring (bicyclic) bond motifs is 1. The van der Waals surface area contributed by atoms with Gasteiger partial charge in [0.2, 0.25) is 5.91 Å². The molecule has 0 unspecified atom stereocenters. The van der Waals surface area contributed by atoms with Gasteiger partial charge in [0.1, 0.15) is 5.65 Å². The molecule has 22 heavy (non-hydrogen) atoms. The largest absolute Gasteiger partial charge is 0.326 e. The predicted octanol–water partition coefficient (Wildman–Crippen LogP) is 3.66. The topological polar surface area (TPSA) is 46.4 Å². The van der Waals surface area contributed by atoms with Crippen LogP contribution in [0.3, 0.4) is 0 Å². The third-order valence-corrected chi connectivity index (χ3v) is 4.00. The molecule has 0 aliphatic heterocycles. The van der Waals surface area contributed by atoms with Gasteiger partial charge in [0.15, 0.2) is 0 Å². The molecular weight excluding hydrogens is 274 g/mol. The number of nitrogens with one attached hydrogen (secondary N) is 1. The summed E-state index contributed by atoms with van der Waals surface area (Å²) in [6.07, 6.45) is 6.13. The molecule has 1 saturated carbocycles. The maximum atomic E-state index is 11.8. The predicted molar refractivity (Wildman–Crippen MR) is 86.7 cm³/mol. The fraction of sp³-hybridized carbons (Fsp3) is 0.222. The first-order valence-corrected chi connectivity index (χ1v) is 7.56. The second-order valence-corrected chi connectivity index (χ2v) is 5.94. The summed E-state index contributed by atoms with van der Waals surface area (Å²) < 4.78 is 2.04. The van der Waals surface area contributed by atoms with E-state index in [9.17, 15) is 4.79 Å². The number of hydrogen-bond donors (Lipinski definition) is 1. The van der Waals surface area contributed by atoms with Crippen molar-refractivity contribution in [2.75, 3.05) is 5.32 Å². The number of benzene rings is 1. The lowest BCUT2D eigenvalue weighted by atomic mass is 10.1. The monoisotopic (exact) mass is 291 g/mol. The van der Waals surface area contributed by atoms with Crippen LogP contribution in [0.5, 0.6) is 0 Å². The molecule has 0 atom stereocenters. The molecule has 0 bridgehead atoms. The highest BCUT2D eigenvalue weighted by molar-refractivity contribution is 5.94. The molecule has 0 saturated heterocycles. The maximum absolute atomic E-state index is 11.8. The van der Waals surface area contributed by atoms with Crippen LogP contribution in [0.25, 0.3) is 16.9 Å². The number of rotatable bonds is 3. The Labute approximate surface area is 128 Å². The third-order valence-electron chi connectivity index (χ3n) is 4.00. The minimum absolute atomic E-state index is 0.135. The molecule has 0 radical (unpaired) electrons. The van der Waals surface area contributed by atoms with Gasteiger partial charge in [0, 0.05) is 29.6 Å². The normalized spacial score (nSPS) is 14.2. The van der Waals surface area contributed by atoms with Crippen LogP contribution in [0.1, 0.15) is 18.4 Å². The first-order valence-electron chi connectivity index (χ1n) is 7.56. The summed E-state index contributed by atoms with van der Waals surface area (Å²) in [7, 11) is 0. The minimum atomic E-state index is 0.135. The maximum Gasteiger partial charge on any atom is 0.227 e. The van der Waals surface area contributed by atoms with E-state index in [1.165, 1.54) is 5.56 Å². The highest BCUT2D eigenvalue weighted by atomic mass is 16.2. The van der Waals surface area contributed by atoms with Crippen LogP contribution in [0.15, 0.2) is 48.8 Å². The van der Waals surface area contributed by atoms with Crippen molar-refractivity contribution in [3.05, 3.63) is 54.4 Å². The van der Waals surface area contributed by atoms with Crippen LogP contribution < -0.4 is 5.32 Å². The Bertz CT molecular complexity index is 844. The first-order chi connectivity index (χ1) is 10.7. The lowest BCUT2D eigenvalue weighted by Crippen LogP contribution is -2.12. The zero-order chi connectivity index (χ0) is 15.1. The van der Waals surface area contributed by atoms with E-state index in [2.05, 4.69) is 29.5 Å². The summed E-state index contributed by atoms with van der Waals surface area (Å²) >= 11 is 0. The lowest BCUT2D eigenvalue weighted by molar-refractivity contribution is -0.117. The number of hydrogen-bond acceptors (Lipinski definition) is 2. The van der Waals surface area contributed by atoms with E-state index < -0.39 is 0 Å². The number of aromatic nitrogens is 2. The van der Waals surface area contributed by atoms with Crippen LogP contribution >= 0.6 is 0 Å². The molecule has 4 heteroatoms. The van der Waals surface area contributed by atoms with E-state index in [1.54, 1.807) is 0 Å². The molecule has 0 spiro atoms. The average Bonchev–Trinajstić information content (AvgIpc) is 3.28. The van der Waals surface area contributed by atoms with Gasteiger partial charge in [-0.05, 0) is 43.5 Å². The number of amides is 1. The van der Waals surface area contributed by atoms with Crippen molar-refractivity contribution < 1.29 is 4.79 Å². The quantitative estimate of drug-likeness (QED) is 0.800. The fourth-order valence-electron chi connectivity index (χ4n) is 2.56. The van der Waals surface area contributed by atoms with Gasteiger partial charge in [-0.3, -0.25) is 4.79 Å². The number of carbonyl (C=O) groups excluding carboxylic acids is 1. The van der Waals surface area contributed by atoms with E-state index in [4.69, 9.17) is 0 Å². The van der Waals surface area contributed by atoms with E-state index in [0.29, 0.717) is 0 Å². The summed E-state index contributed by atoms with van der Waals surface area (Å²) in [4.78, 5) is 16.4. The number of nitrogens with zero attached hydrogens (tertiary/aromatic N) is 2. The van der Waals surface area contributed by atoms with Gasteiger partial charge in [-0.15, -0.1) is 0 Å². The van der Waals surface area contributed by atoms with Crippen molar-refractivity contribution >= 4 is 17.2 Å². The molecular formula is C18H17N3O. The van der Waals surface area contributed by atoms with Gasteiger partial charge in [-0.1, -0.05) is 18.2 Å². The minimum Gasteiger partial charge on any atom is -0.326 e. The Morgan fingerprint density at radius 2 is 1.91 bits per heavy atom. The standard InChI is InChI=1S/C18H17N3O/c1-12-2-9-17-20-16(11-21(17)10-12)13-5-7-15(8-6-13)19-18(22)14-3-4-14/h2,5-11,14H,3-4H2,1H3,(H,19,22). The van der Waals surface area contributed by atoms with Crippen molar-refractivity contribution in [1.82, 2.24) is 9.38 Å². The molecule has 1 aromatic carbocycles. The molecule has 110 valence electrons. The molecule has 1 amide bonds. The van der Waals surface area contributed by atoms with Gasteiger partial charge >= 0.3 is 0 Å². The van der Waals surface area contributed by atoms with Gasteiger partial charge < -0.3 is 9.72 Å². The van der Waals surface area contributed by atoms with Crippen LogP contribution in [0, 0.1) is 12.8 Å². The summed E-state index contributed by atoms with van der Waals surface area (Å²) in [6.45, 7) is 2.07. The number of pyridine rings is 1. The molecule has 4 rings (SSSR count). The van der Waals surface area contributed by atoms with Crippen molar-refractivity contribution in [2.24, 2.45) is 5.92 Å². The fourth-order valence-corrected chi connectivity index (χ4v) is 2.56. The Balaban J connectivity index is 1.59. The summed E-state index contributed by atoms with van der Waals surface area (Å²) in [5, 5.41) is 2.95. The summed E-state index contributed by atoms with van der Waals surface area (Å²) in [5.74, 6) is 0.359. The SMILES string of the molecule is Cc1ccc2nc(-c3ccc(NC(=O)C4CC4)cc3)cn2c1. The highest BCUT2D eigenvalue weighted by Crippen LogP contribution is 2.30. The molecule has 1 aliphatic carbocycles. The van der Waals surface area contributed by atoms with E-state index in [1.807, 2.05) is 40.9 Å². The number of aryl methyl sites for hydroxylation is 1. The van der Waals surface area contributed by atoms with Crippen molar-refractivity contribution in [3.8, 4) is 11.3 Å². The molecule has 1 fully saturated rings. The van der Waals surface area contributed by atoms with Gasteiger partial charge in [-0.25, -0.2) is 4.98 Å². The van der Waals surface area contributed by atoms with Crippen molar-refractivity contribution in [3.63, 3.8) is 0 Å². The second kappa shape index (κ2) is 4.98. The highest BCUT2D eigenvalue weighted by Gasteiger charge is 2.29. The number of carbonyl (C=O) groups is 1. The van der Waals surface area contributed by atoms with Crippen LogP contribution in [-0.2, 0) is 4.79 Å². The molecule has 4 nitrogen and oxygen atoms in total. The zero-order valence-electron chi connectivity index (χ0n) is 12.4.